The zero-order valence-electron chi connectivity index (χ0n) is 10.4. The second-order valence-electron chi connectivity index (χ2n) is 4.63. The van der Waals surface area contributed by atoms with E-state index in [9.17, 15) is 4.79 Å². The van der Waals surface area contributed by atoms with Gasteiger partial charge in [0.15, 0.2) is 0 Å². The Labute approximate surface area is 98.1 Å². The van der Waals surface area contributed by atoms with Gasteiger partial charge in [-0.25, -0.2) is 0 Å². The minimum absolute atomic E-state index is 0.0395. The maximum atomic E-state index is 11.2. The Bertz CT molecular complexity index is 319. The lowest BCUT2D eigenvalue weighted by molar-refractivity contribution is -0.119. The van der Waals surface area contributed by atoms with E-state index in [1.807, 2.05) is 18.2 Å². The third-order valence-corrected chi connectivity index (χ3v) is 2.61. The lowest BCUT2D eigenvalue weighted by Crippen LogP contribution is -2.26. The van der Waals surface area contributed by atoms with Gasteiger partial charge >= 0.3 is 0 Å². The number of carbonyl (C=O) groups excluding carboxylic acids is 1. The lowest BCUT2D eigenvalue weighted by Gasteiger charge is -2.19. The normalized spacial score (nSPS) is 12.5. The monoisotopic (exact) mass is 219 g/mol. The predicted octanol–water partition coefficient (Wildman–Crippen LogP) is 3.30. The Morgan fingerprint density at radius 2 is 1.81 bits per heavy atom. The second-order valence-corrected chi connectivity index (χ2v) is 4.63. The lowest BCUT2D eigenvalue weighted by atomic mass is 9.97. The van der Waals surface area contributed by atoms with Crippen LogP contribution in [0.25, 0.3) is 0 Å². The molecule has 1 N–H and O–H groups in total. The third-order valence-electron chi connectivity index (χ3n) is 2.61. The average molecular weight is 219 g/mol. The Morgan fingerprint density at radius 1 is 1.19 bits per heavy atom. The highest BCUT2D eigenvalue weighted by Gasteiger charge is 2.12. The van der Waals surface area contributed by atoms with Crippen LogP contribution in [0.4, 0.5) is 0 Å². The Balaban J connectivity index is 2.67. The van der Waals surface area contributed by atoms with E-state index >= 15 is 0 Å². The smallest absolute Gasteiger partial charge is 0.217 e. The highest BCUT2D eigenvalue weighted by Crippen LogP contribution is 2.20. The van der Waals surface area contributed by atoms with Gasteiger partial charge in [0.25, 0.3) is 0 Å². The highest BCUT2D eigenvalue weighted by molar-refractivity contribution is 5.73. The first-order valence-electron chi connectivity index (χ1n) is 5.91. The van der Waals surface area contributed by atoms with Gasteiger partial charge in [0.2, 0.25) is 5.91 Å². The van der Waals surface area contributed by atoms with Crippen molar-refractivity contribution in [1.29, 1.82) is 0 Å². The van der Waals surface area contributed by atoms with Crippen molar-refractivity contribution in [3.8, 4) is 0 Å². The van der Waals surface area contributed by atoms with Crippen LogP contribution in [0.2, 0.25) is 0 Å². The van der Waals surface area contributed by atoms with E-state index in [-0.39, 0.29) is 11.9 Å². The summed E-state index contributed by atoms with van der Waals surface area (Å²) in [5.41, 5.74) is 1.19. The predicted molar refractivity (Wildman–Crippen MR) is 67.1 cm³/mol. The summed E-state index contributed by atoms with van der Waals surface area (Å²) in [6.45, 7) is 5.98. The average Bonchev–Trinajstić information content (AvgIpc) is 2.25. The molecule has 0 aliphatic rings. The zero-order valence-corrected chi connectivity index (χ0v) is 10.4. The first kappa shape index (κ1) is 12.8. The van der Waals surface area contributed by atoms with Gasteiger partial charge in [-0.2, -0.15) is 0 Å². The summed E-state index contributed by atoms with van der Waals surface area (Å²) >= 11 is 0. The molecule has 1 aromatic carbocycles. The molecule has 0 aromatic heterocycles. The number of nitrogens with one attached hydrogen (secondary N) is 1. The Morgan fingerprint density at radius 3 is 2.31 bits per heavy atom. The molecule has 1 aromatic rings. The number of amides is 1. The van der Waals surface area contributed by atoms with E-state index in [2.05, 4.69) is 31.3 Å². The highest BCUT2D eigenvalue weighted by atomic mass is 16.1. The van der Waals surface area contributed by atoms with Gasteiger partial charge in [0.05, 0.1) is 6.04 Å². The van der Waals surface area contributed by atoms with Crippen molar-refractivity contribution in [2.75, 3.05) is 0 Å². The fourth-order valence-electron chi connectivity index (χ4n) is 1.75. The molecular formula is C14H21NO. The van der Waals surface area contributed by atoms with Crippen LogP contribution in [0.3, 0.4) is 0 Å². The molecule has 0 heterocycles. The van der Waals surface area contributed by atoms with Gasteiger partial charge in [-0.1, -0.05) is 44.2 Å². The van der Waals surface area contributed by atoms with Crippen molar-refractivity contribution in [3.63, 3.8) is 0 Å². The van der Waals surface area contributed by atoms with Gasteiger partial charge in [-0.05, 0) is 24.3 Å². The largest absolute Gasteiger partial charge is 0.350 e. The molecule has 2 heteroatoms. The summed E-state index contributed by atoms with van der Waals surface area (Å²) in [7, 11) is 0. The third kappa shape index (κ3) is 4.47. The van der Waals surface area contributed by atoms with Crippen LogP contribution < -0.4 is 5.32 Å². The van der Waals surface area contributed by atoms with Crippen molar-refractivity contribution >= 4 is 5.91 Å². The van der Waals surface area contributed by atoms with Crippen LogP contribution in [0.5, 0.6) is 0 Å². The number of hydrogen-bond acceptors (Lipinski definition) is 1. The van der Waals surface area contributed by atoms with Crippen LogP contribution in [0, 0.1) is 5.92 Å². The van der Waals surface area contributed by atoms with Crippen molar-refractivity contribution in [3.05, 3.63) is 35.9 Å². The van der Waals surface area contributed by atoms with E-state index in [1.165, 1.54) is 5.56 Å². The van der Waals surface area contributed by atoms with Crippen LogP contribution in [0.15, 0.2) is 30.3 Å². The maximum Gasteiger partial charge on any atom is 0.217 e. The molecule has 1 amide bonds. The molecule has 88 valence electrons. The summed E-state index contributed by atoms with van der Waals surface area (Å²) in [6.07, 6.45) is 2.13. The van der Waals surface area contributed by atoms with Gasteiger partial charge in [-0.15, -0.1) is 0 Å². The number of carbonyl (C=O) groups is 1. The topological polar surface area (TPSA) is 29.1 Å². The molecule has 0 bridgehead atoms. The van der Waals surface area contributed by atoms with Gasteiger partial charge in [0.1, 0.15) is 0 Å². The quantitative estimate of drug-likeness (QED) is 0.809. The molecule has 0 unspecified atom stereocenters. The van der Waals surface area contributed by atoms with E-state index in [0.29, 0.717) is 5.92 Å². The van der Waals surface area contributed by atoms with Crippen molar-refractivity contribution in [2.24, 2.45) is 5.92 Å². The molecule has 0 spiro atoms. The Kier molecular flexibility index (Phi) is 5.03. The van der Waals surface area contributed by atoms with Crippen LogP contribution >= 0.6 is 0 Å². The summed E-state index contributed by atoms with van der Waals surface area (Å²) in [6, 6.07) is 10.3. The molecular weight excluding hydrogens is 198 g/mol. The maximum absolute atomic E-state index is 11.2. The van der Waals surface area contributed by atoms with E-state index in [0.717, 1.165) is 12.8 Å². The first-order chi connectivity index (χ1) is 7.59. The molecule has 1 rings (SSSR count). The van der Waals surface area contributed by atoms with Gasteiger partial charge < -0.3 is 5.32 Å². The molecule has 0 radical (unpaired) electrons. The molecule has 0 saturated heterocycles. The molecule has 0 aliphatic carbocycles. The molecule has 16 heavy (non-hydrogen) atoms. The van der Waals surface area contributed by atoms with Crippen molar-refractivity contribution in [1.82, 2.24) is 5.32 Å². The van der Waals surface area contributed by atoms with E-state index < -0.39 is 0 Å². The number of benzene rings is 1. The number of hydrogen-bond donors (Lipinski definition) is 1. The minimum atomic E-state index is 0.0395. The van der Waals surface area contributed by atoms with E-state index in [4.69, 9.17) is 0 Å². The van der Waals surface area contributed by atoms with Gasteiger partial charge in [-0.3, -0.25) is 4.79 Å². The second kappa shape index (κ2) is 6.31. The van der Waals surface area contributed by atoms with E-state index in [1.54, 1.807) is 6.92 Å². The standard InChI is InChI=1S/C14H21NO/c1-11(2)9-10-14(15-12(3)16)13-7-5-4-6-8-13/h4-8,11,14H,9-10H2,1-3H3,(H,15,16)/t14-/m0/s1. The molecule has 0 saturated carbocycles. The van der Waals surface area contributed by atoms with Gasteiger partial charge in [0, 0.05) is 6.92 Å². The SMILES string of the molecule is CC(=O)N[C@@H](CCC(C)C)c1ccccc1. The van der Waals surface area contributed by atoms with Crippen molar-refractivity contribution in [2.45, 2.75) is 39.7 Å². The molecule has 0 fully saturated rings. The van der Waals surface area contributed by atoms with Crippen molar-refractivity contribution < 1.29 is 4.79 Å². The Hall–Kier alpha value is -1.31. The summed E-state index contributed by atoms with van der Waals surface area (Å²) in [4.78, 5) is 11.2. The number of rotatable bonds is 5. The summed E-state index contributed by atoms with van der Waals surface area (Å²) in [5, 5.41) is 3.01. The fourth-order valence-corrected chi connectivity index (χ4v) is 1.75. The van der Waals surface area contributed by atoms with Crippen LogP contribution in [-0.2, 0) is 4.79 Å². The first-order valence-corrected chi connectivity index (χ1v) is 5.91. The molecule has 0 aliphatic heterocycles. The van der Waals surface area contributed by atoms with Crippen LogP contribution in [-0.4, -0.2) is 5.91 Å². The summed E-state index contributed by atoms with van der Waals surface area (Å²) < 4.78 is 0. The minimum Gasteiger partial charge on any atom is -0.350 e. The summed E-state index contributed by atoms with van der Waals surface area (Å²) in [5.74, 6) is 0.706. The molecule has 2 nitrogen and oxygen atoms in total. The fraction of sp³-hybridized carbons (Fsp3) is 0.500. The zero-order chi connectivity index (χ0) is 12.0. The molecule has 1 atom stereocenters. The van der Waals surface area contributed by atoms with Crippen LogP contribution in [0.1, 0.15) is 45.2 Å².